The van der Waals surface area contributed by atoms with Crippen LogP contribution in [0.15, 0.2) is 0 Å². The van der Waals surface area contributed by atoms with Gasteiger partial charge < -0.3 is 10.5 Å². The largest absolute Gasteiger partial charge is 0.384 e. The summed E-state index contributed by atoms with van der Waals surface area (Å²) in [6, 6.07) is -0.165. The molecular formula is C7H19ClN2O3S. The molecule has 0 spiro atoms. The molecule has 0 aliphatic heterocycles. The molecule has 0 aliphatic rings. The lowest BCUT2D eigenvalue weighted by Gasteiger charge is -2.22. The third-order valence-corrected chi connectivity index (χ3v) is 3.87. The number of methoxy groups -OCH3 is 1. The summed E-state index contributed by atoms with van der Waals surface area (Å²) in [5, 5.41) is 0. The number of halogens is 1. The van der Waals surface area contributed by atoms with Gasteiger partial charge in [-0.15, -0.1) is 12.4 Å². The number of likely N-dealkylation sites (N-methyl/N-ethyl adjacent to an activating group) is 1. The molecule has 0 aromatic rings. The number of rotatable bonds is 6. The number of ether oxygens (including phenoxy) is 1. The van der Waals surface area contributed by atoms with E-state index in [0.29, 0.717) is 6.54 Å². The minimum atomic E-state index is -3.21. The lowest BCUT2D eigenvalue weighted by Crippen LogP contribution is -2.41. The fourth-order valence-corrected chi connectivity index (χ4v) is 2.05. The first-order chi connectivity index (χ1) is 5.95. The summed E-state index contributed by atoms with van der Waals surface area (Å²) < 4.78 is 28.9. The first-order valence-corrected chi connectivity index (χ1v) is 5.71. The predicted octanol–water partition coefficient (Wildman–Crippen LogP) is -0.337. The van der Waals surface area contributed by atoms with Gasteiger partial charge in [0.2, 0.25) is 10.0 Å². The van der Waals surface area contributed by atoms with E-state index in [1.165, 1.54) is 18.5 Å². The molecule has 0 saturated carbocycles. The molecule has 0 amide bonds. The van der Waals surface area contributed by atoms with Crippen molar-refractivity contribution in [1.82, 2.24) is 4.31 Å². The van der Waals surface area contributed by atoms with Crippen molar-refractivity contribution in [1.29, 1.82) is 0 Å². The smallest absolute Gasteiger partial charge is 0.216 e. The van der Waals surface area contributed by atoms with Crippen molar-refractivity contribution in [2.24, 2.45) is 5.73 Å². The molecule has 7 heteroatoms. The number of sulfonamides is 1. The van der Waals surface area contributed by atoms with E-state index in [0.717, 1.165) is 0 Å². The van der Waals surface area contributed by atoms with Crippen molar-refractivity contribution in [3.63, 3.8) is 0 Å². The number of nitrogens with zero attached hydrogens (tertiary/aromatic N) is 1. The van der Waals surface area contributed by atoms with Gasteiger partial charge in [-0.3, -0.25) is 0 Å². The first-order valence-electron chi connectivity index (χ1n) is 4.10. The maximum Gasteiger partial charge on any atom is 0.216 e. The van der Waals surface area contributed by atoms with Crippen LogP contribution in [0, 0.1) is 0 Å². The van der Waals surface area contributed by atoms with Gasteiger partial charge in [-0.2, -0.15) is 0 Å². The third-order valence-electron chi connectivity index (χ3n) is 1.95. The third kappa shape index (κ3) is 5.11. The maximum atomic E-state index is 11.5. The maximum absolute atomic E-state index is 11.5. The van der Waals surface area contributed by atoms with E-state index in [1.54, 1.807) is 6.92 Å². The molecule has 0 aromatic carbocycles. The van der Waals surface area contributed by atoms with E-state index in [9.17, 15) is 8.42 Å². The minimum absolute atomic E-state index is 0. The second-order valence-electron chi connectivity index (χ2n) is 2.91. The Morgan fingerprint density at radius 3 is 2.36 bits per heavy atom. The highest BCUT2D eigenvalue weighted by Gasteiger charge is 2.21. The average Bonchev–Trinajstić information content (AvgIpc) is 2.12. The molecule has 0 fully saturated rings. The molecule has 0 aliphatic carbocycles. The quantitative estimate of drug-likeness (QED) is 0.696. The van der Waals surface area contributed by atoms with Gasteiger partial charge in [-0.25, -0.2) is 12.7 Å². The molecular weight excluding hydrogens is 228 g/mol. The van der Waals surface area contributed by atoms with Gasteiger partial charge in [0.1, 0.15) is 0 Å². The van der Waals surface area contributed by atoms with Crippen LogP contribution in [0.3, 0.4) is 0 Å². The zero-order valence-corrected chi connectivity index (χ0v) is 10.4. The van der Waals surface area contributed by atoms with Crippen molar-refractivity contribution < 1.29 is 13.2 Å². The van der Waals surface area contributed by atoms with Crippen LogP contribution in [0.25, 0.3) is 0 Å². The van der Waals surface area contributed by atoms with E-state index in [4.69, 9.17) is 10.5 Å². The Kier molecular flexibility index (Phi) is 8.77. The van der Waals surface area contributed by atoms with E-state index in [2.05, 4.69) is 0 Å². The van der Waals surface area contributed by atoms with Gasteiger partial charge in [-0.05, 0) is 6.92 Å². The molecule has 0 radical (unpaired) electrons. The number of nitrogens with two attached hydrogens (primary N) is 1. The standard InChI is InChI=1S/C7H18N2O3S.ClH/c1-7(6-8)9(2)13(10,11)5-4-12-3;/h7H,4-6,8H2,1-3H3;1H. The van der Waals surface area contributed by atoms with Crippen molar-refractivity contribution in [3.05, 3.63) is 0 Å². The van der Waals surface area contributed by atoms with Crippen LogP contribution in [0.1, 0.15) is 6.92 Å². The SMILES string of the molecule is COCCS(=O)(=O)N(C)C(C)CN.Cl. The van der Waals surface area contributed by atoms with Gasteiger partial charge in [0.25, 0.3) is 0 Å². The lowest BCUT2D eigenvalue weighted by atomic mass is 10.4. The Morgan fingerprint density at radius 2 is 2.00 bits per heavy atom. The topological polar surface area (TPSA) is 72.6 Å². The van der Waals surface area contributed by atoms with Gasteiger partial charge in [0, 0.05) is 26.7 Å². The van der Waals surface area contributed by atoms with Gasteiger partial charge in [-0.1, -0.05) is 0 Å². The van der Waals surface area contributed by atoms with E-state index in [1.807, 2.05) is 0 Å². The highest BCUT2D eigenvalue weighted by Crippen LogP contribution is 2.03. The monoisotopic (exact) mass is 246 g/mol. The molecule has 1 unspecified atom stereocenters. The fraction of sp³-hybridized carbons (Fsp3) is 1.00. The molecule has 0 bridgehead atoms. The zero-order chi connectivity index (χ0) is 10.5. The lowest BCUT2D eigenvalue weighted by molar-refractivity contribution is 0.215. The summed E-state index contributed by atoms with van der Waals surface area (Å²) in [6.45, 7) is 2.30. The van der Waals surface area contributed by atoms with E-state index >= 15 is 0 Å². The van der Waals surface area contributed by atoms with Crippen LogP contribution in [0.2, 0.25) is 0 Å². The van der Waals surface area contributed by atoms with Crippen LogP contribution in [0.5, 0.6) is 0 Å². The summed E-state index contributed by atoms with van der Waals surface area (Å²) in [4.78, 5) is 0. The van der Waals surface area contributed by atoms with Gasteiger partial charge >= 0.3 is 0 Å². The molecule has 5 nitrogen and oxygen atoms in total. The normalized spacial score (nSPS) is 13.8. The molecule has 0 aromatic heterocycles. The van der Waals surface area contributed by atoms with Crippen LogP contribution >= 0.6 is 12.4 Å². The second kappa shape index (κ2) is 7.42. The van der Waals surface area contributed by atoms with Crippen LogP contribution in [-0.2, 0) is 14.8 Å². The second-order valence-corrected chi connectivity index (χ2v) is 5.06. The van der Waals surface area contributed by atoms with Crippen LogP contribution < -0.4 is 5.73 Å². The highest BCUT2D eigenvalue weighted by atomic mass is 35.5. The molecule has 0 rings (SSSR count). The van der Waals surface area contributed by atoms with Crippen molar-refractivity contribution >= 4 is 22.4 Å². The predicted molar refractivity (Wildman–Crippen MR) is 59.2 cm³/mol. The minimum Gasteiger partial charge on any atom is -0.384 e. The molecule has 0 saturated heterocycles. The van der Waals surface area contributed by atoms with Crippen LogP contribution in [0.4, 0.5) is 0 Å². The Labute approximate surface area is 92.1 Å². The fourth-order valence-electron chi connectivity index (χ4n) is 0.755. The summed E-state index contributed by atoms with van der Waals surface area (Å²) in [5.41, 5.74) is 5.36. The Hall–Kier alpha value is 0.120. The highest BCUT2D eigenvalue weighted by molar-refractivity contribution is 7.89. The molecule has 2 N–H and O–H groups in total. The molecule has 88 valence electrons. The summed E-state index contributed by atoms with van der Waals surface area (Å²) in [5.74, 6) is 0.00431. The number of hydrogen-bond acceptors (Lipinski definition) is 4. The van der Waals surface area contributed by atoms with Crippen molar-refractivity contribution in [2.75, 3.05) is 33.1 Å². The van der Waals surface area contributed by atoms with Gasteiger partial charge in [0.15, 0.2) is 0 Å². The van der Waals surface area contributed by atoms with E-state index < -0.39 is 10.0 Å². The Balaban J connectivity index is 0. The summed E-state index contributed by atoms with van der Waals surface area (Å²) in [7, 11) is -0.201. The Morgan fingerprint density at radius 1 is 1.50 bits per heavy atom. The van der Waals surface area contributed by atoms with Crippen molar-refractivity contribution in [3.8, 4) is 0 Å². The van der Waals surface area contributed by atoms with Gasteiger partial charge in [0.05, 0.1) is 12.4 Å². The molecule has 0 heterocycles. The van der Waals surface area contributed by atoms with Crippen molar-refractivity contribution in [2.45, 2.75) is 13.0 Å². The average molecular weight is 247 g/mol. The molecule has 1 atom stereocenters. The first kappa shape index (κ1) is 16.5. The summed E-state index contributed by atoms with van der Waals surface area (Å²) in [6.07, 6.45) is 0. The summed E-state index contributed by atoms with van der Waals surface area (Å²) >= 11 is 0. The van der Waals surface area contributed by atoms with Crippen LogP contribution in [-0.4, -0.2) is 51.8 Å². The molecule has 14 heavy (non-hydrogen) atoms. The van der Waals surface area contributed by atoms with E-state index in [-0.39, 0.29) is 30.8 Å². The Bertz CT molecular complexity index is 233. The number of hydrogen-bond donors (Lipinski definition) is 1. The zero-order valence-electron chi connectivity index (χ0n) is 8.76.